The molecule has 2 rings (SSSR count). The van der Waals surface area contributed by atoms with Crippen molar-refractivity contribution in [1.82, 2.24) is 4.98 Å². The van der Waals surface area contributed by atoms with Gasteiger partial charge in [0.15, 0.2) is 10.8 Å². The van der Waals surface area contributed by atoms with Crippen molar-refractivity contribution in [3.8, 4) is 0 Å². The van der Waals surface area contributed by atoms with E-state index in [0.717, 1.165) is 42.5 Å². The number of aryl methyl sites for hydroxylation is 1. The Morgan fingerprint density at radius 3 is 2.72 bits per heavy atom. The molecule has 1 aliphatic heterocycles. The predicted molar refractivity (Wildman–Crippen MR) is 70.7 cm³/mol. The summed E-state index contributed by atoms with van der Waals surface area (Å²) in [6, 6.07) is 0. The van der Waals surface area contributed by atoms with Crippen molar-refractivity contribution in [2.24, 2.45) is 0 Å². The zero-order valence-electron chi connectivity index (χ0n) is 10.7. The SMILES string of the molecule is CCOC1CCN(c2nc(C(=O)O)c(C)s2)CC1. The van der Waals surface area contributed by atoms with Crippen LogP contribution < -0.4 is 4.90 Å². The molecule has 18 heavy (non-hydrogen) atoms. The van der Waals surface area contributed by atoms with Crippen LogP contribution in [0.3, 0.4) is 0 Å². The average Bonchev–Trinajstić information content (AvgIpc) is 2.73. The number of aromatic carboxylic acids is 1. The van der Waals surface area contributed by atoms with Crippen molar-refractivity contribution in [1.29, 1.82) is 0 Å². The minimum atomic E-state index is -0.945. The summed E-state index contributed by atoms with van der Waals surface area (Å²) in [5.74, 6) is -0.945. The van der Waals surface area contributed by atoms with E-state index >= 15 is 0 Å². The molecule has 0 radical (unpaired) electrons. The second kappa shape index (κ2) is 5.67. The highest BCUT2D eigenvalue weighted by Crippen LogP contribution is 2.28. The number of aromatic nitrogens is 1. The number of thiazole rings is 1. The van der Waals surface area contributed by atoms with Gasteiger partial charge in [-0.15, -0.1) is 11.3 Å². The van der Waals surface area contributed by atoms with Crippen molar-refractivity contribution in [2.75, 3.05) is 24.6 Å². The number of carboxylic acid groups (broad SMARTS) is 1. The zero-order valence-corrected chi connectivity index (χ0v) is 11.5. The molecule has 0 unspecified atom stereocenters. The number of hydrogen-bond donors (Lipinski definition) is 1. The lowest BCUT2D eigenvalue weighted by molar-refractivity contribution is 0.0459. The normalized spacial score (nSPS) is 17.1. The number of rotatable bonds is 4. The first-order chi connectivity index (χ1) is 8.61. The monoisotopic (exact) mass is 270 g/mol. The maximum Gasteiger partial charge on any atom is 0.355 e. The van der Waals surface area contributed by atoms with Gasteiger partial charge in [0.1, 0.15) is 0 Å². The Bertz CT molecular complexity index is 425. The third-order valence-electron chi connectivity index (χ3n) is 3.10. The van der Waals surface area contributed by atoms with E-state index in [1.807, 2.05) is 6.92 Å². The van der Waals surface area contributed by atoms with Crippen LogP contribution in [0.2, 0.25) is 0 Å². The first-order valence-corrected chi connectivity index (χ1v) is 7.00. The number of carboxylic acids is 1. The van der Waals surface area contributed by atoms with Crippen molar-refractivity contribution in [2.45, 2.75) is 32.8 Å². The van der Waals surface area contributed by atoms with Crippen LogP contribution in [0.1, 0.15) is 35.1 Å². The average molecular weight is 270 g/mol. The molecule has 0 aromatic carbocycles. The summed E-state index contributed by atoms with van der Waals surface area (Å²) in [4.78, 5) is 18.1. The lowest BCUT2D eigenvalue weighted by Crippen LogP contribution is -2.37. The summed E-state index contributed by atoms with van der Waals surface area (Å²) in [5, 5.41) is 9.81. The largest absolute Gasteiger partial charge is 0.476 e. The van der Waals surface area contributed by atoms with Gasteiger partial charge in [-0.2, -0.15) is 0 Å². The number of nitrogens with zero attached hydrogens (tertiary/aromatic N) is 2. The van der Waals surface area contributed by atoms with E-state index in [9.17, 15) is 4.79 Å². The van der Waals surface area contributed by atoms with Gasteiger partial charge in [0.2, 0.25) is 0 Å². The van der Waals surface area contributed by atoms with Gasteiger partial charge in [-0.1, -0.05) is 0 Å². The standard InChI is InChI=1S/C12H18N2O3S/c1-3-17-9-4-6-14(7-5-9)12-13-10(11(15)16)8(2)18-12/h9H,3-7H2,1-2H3,(H,15,16). The Kier molecular flexibility index (Phi) is 4.19. The number of hydrogen-bond acceptors (Lipinski definition) is 5. The summed E-state index contributed by atoms with van der Waals surface area (Å²) in [5.41, 5.74) is 0.182. The van der Waals surface area contributed by atoms with Gasteiger partial charge in [-0.05, 0) is 26.7 Å². The summed E-state index contributed by atoms with van der Waals surface area (Å²) in [7, 11) is 0. The molecule has 2 heterocycles. The molecule has 1 aliphatic rings. The fraction of sp³-hybridized carbons (Fsp3) is 0.667. The molecule has 0 amide bonds. The molecule has 100 valence electrons. The Hall–Kier alpha value is -1.14. The zero-order chi connectivity index (χ0) is 13.1. The summed E-state index contributed by atoms with van der Waals surface area (Å²) in [6.45, 7) is 6.34. The van der Waals surface area contributed by atoms with Gasteiger partial charge in [-0.3, -0.25) is 0 Å². The van der Waals surface area contributed by atoms with Gasteiger partial charge in [-0.25, -0.2) is 9.78 Å². The first kappa shape index (κ1) is 13.3. The maximum atomic E-state index is 11.0. The van der Waals surface area contributed by atoms with E-state index in [1.165, 1.54) is 11.3 Å². The van der Waals surface area contributed by atoms with Gasteiger partial charge in [0.05, 0.1) is 6.10 Å². The van der Waals surface area contributed by atoms with Gasteiger partial charge < -0.3 is 14.7 Å². The van der Waals surface area contributed by atoms with Crippen LogP contribution in [0.4, 0.5) is 5.13 Å². The molecule has 0 aliphatic carbocycles. The Morgan fingerprint density at radius 1 is 1.56 bits per heavy atom. The molecular weight excluding hydrogens is 252 g/mol. The van der Waals surface area contributed by atoms with E-state index in [0.29, 0.717) is 6.10 Å². The minimum absolute atomic E-state index is 0.182. The summed E-state index contributed by atoms with van der Waals surface area (Å²) in [6.07, 6.45) is 2.30. The van der Waals surface area contributed by atoms with E-state index in [4.69, 9.17) is 9.84 Å². The van der Waals surface area contributed by atoms with Gasteiger partial charge in [0.25, 0.3) is 0 Å². The molecule has 5 nitrogen and oxygen atoms in total. The van der Waals surface area contributed by atoms with Gasteiger partial charge in [0, 0.05) is 24.6 Å². The molecule has 1 aromatic heterocycles. The number of anilines is 1. The van der Waals surface area contributed by atoms with Crippen LogP contribution in [-0.4, -0.2) is 41.9 Å². The highest BCUT2D eigenvalue weighted by molar-refractivity contribution is 7.15. The molecule has 0 saturated carbocycles. The van der Waals surface area contributed by atoms with Crippen LogP contribution >= 0.6 is 11.3 Å². The second-order valence-electron chi connectivity index (χ2n) is 4.35. The van der Waals surface area contributed by atoms with E-state index < -0.39 is 5.97 Å². The molecule has 0 bridgehead atoms. The lowest BCUT2D eigenvalue weighted by atomic mass is 10.1. The van der Waals surface area contributed by atoms with Crippen LogP contribution in [0.25, 0.3) is 0 Å². The van der Waals surface area contributed by atoms with Crippen molar-refractivity contribution < 1.29 is 14.6 Å². The van der Waals surface area contributed by atoms with E-state index in [-0.39, 0.29) is 5.69 Å². The topological polar surface area (TPSA) is 62.7 Å². The molecule has 0 spiro atoms. The minimum Gasteiger partial charge on any atom is -0.476 e. The van der Waals surface area contributed by atoms with Crippen molar-refractivity contribution in [3.05, 3.63) is 10.6 Å². The third kappa shape index (κ3) is 2.81. The summed E-state index contributed by atoms with van der Waals surface area (Å²) < 4.78 is 5.60. The molecule has 1 saturated heterocycles. The predicted octanol–water partition coefficient (Wildman–Crippen LogP) is 2.16. The lowest BCUT2D eigenvalue weighted by Gasteiger charge is -2.31. The second-order valence-corrected chi connectivity index (χ2v) is 5.53. The quantitative estimate of drug-likeness (QED) is 0.908. The molecular formula is C12H18N2O3S. The van der Waals surface area contributed by atoms with Gasteiger partial charge >= 0.3 is 5.97 Å². The first-order valence-electron chi connectivity index (χ1n) is 6.19. The van der Waals surface area contributed by atoms with Crippen LogP contribution in [-0.2, 0) is 4.74 Å². The Morgan fingerprint density at radius 2 is 2.22 bits per heavy atom. The van der Waals surface area contributed by atoms with Crippen molar-refractivity contribution >= 4 is 22.4 Å². The Labute approximate surface area is 110 Å². The summed E-state index contributed by atoms with van der Waals surface area (Å²) >= 11 is 1.46. The fourth-order valence-electron chi connectivity index (χ4n) is 2.17. The third-order valence-corrected chi connectivity index (χ3v) is 4.13. The fourth-order valence-corrected chi connectivity index (χ4v) is 3.12. The highest BCUT2D eigenvalue weighted by atomic mass is 32.1. The molecule has 1 aromatic rings. The smallest absolute Gasteiger partial charge is 0.355 e. The Balaban J connectivity index is 2.01. The molecule has 1 fully saturated rings. The van der Waals surface area contributed by atoms with E-state index in [2.05, 4.69) is 9.88 Å². The molecule has 1 N–H and O–H groups in total. The maximum absolute atomic E-state index is 11.0. The van der Waals surface area contributed by atoms with Crippen molar-refractivity contribution in [3.63, 3.8) is 0 Å². The van der Waals surface area contributed by atoms with Crippen LogP contribution in [0.15, 0.2) is 0 Å². The number of piperidine rings is 1. The van der Waals surface area contributed by atoms with Crippen LogP contribution in [0, 0.1) is 6.92 Å². The number of ether oxygens (including phenoxy) is 1. The molecule has 6 heteroatoms. The highest BCUT2D eigenvalue weighted by Gasteiger charge is 2.23. The van der Waals surface area contributed by atoms with E-state index in [1.54, 1.807) is 6.92 Å². The van der Waals surface area contributed by atoms with Crippen LogP contribution in [0.5, 0.6) is 0 Å². The molecule has 0 atom stereocenters. The number of carbonyl (C=O) groups is 1.